The zero-order chi connectivity index (χ0) is 17.7. The molecule has 0 unspecified atom stereocenters. The predicted molar refractivity (Wildman–Crippen MR) is 80.2 cm³/mol. The molecule has 1 aromatic carbocycles. The van der Waals surface area contributed by atoms with E-state index in [2.05, 4.69) is 19.9 Å². The van der Waals surface area contributed by atoms with Gasteiger partial charge in [-0.3, -0.25) is 5.43 Å². The number of benzene rings is 1. The number of rotatable bonds is 6. The van der Waals surface area contributed by atoms with Crippen molar-refractivity contribution in [3.05, 3.63) is 29.8 Å². The number of anilines is 1. The van der Waals surface area contributed by atoms with Crippen LogP contribution in [0.4, 0.5) is 18.9 Å². The van der Waals surface area contributed by atoms with Crippen LogP contribution in [0, 0.1) is 0 Å². The molecule has 0 aliphatic rings. The lowest BCUT2D eigenvalue weighted by Gasteiger charge is -2.11. The molecule has 0 saturated carbocycles. The van der Waals surface area contributed by atoms with Crippen LogP contribution in [-0.2, 0) is 20.8 Å². The largest absolute Gasteiger partial charge is 0.471 e. The van der Waals surface area contributed by atoms with Crippen molar-refractivity contribution in [2.45, 2.75) is 19.5 Å². The molecule has 0 aromatic heterocycles. The minimum absolute atomic E-state index is 0.189. The third-order valence-corrected chi connectivity index (χ3v) is 2.75. The average molecular weight is 353 g/mol. The lowest BCUT2D eigenvalue weighted by Crippen LogP contribution is -2.29. The van der Waals surface area contributed by atoms with Crippen molar-refractivity contribution in [2.75, 3.05) is 11.7 Å². The van der Waals surface area contributed by atoms with E-state index in [9.17, 15) is 21.6 Å². The second kappa shape index (κ2) is 7.66. The lowest BCUT2D eigenvalue weighted by molar-refractivity contribution is -0.0707. The first-order valence-electron chi connectivity index (χ1n) is 6.28. The highest BCUT2D eigenvalue weighted by atomic mass is 32.2. The van der Waals surface area contributed by atoms with E-state index >= 15 is 0 Å². The Bertz CT molecular complexity index is 665. The van der Waals surface area contributed by atoms with Crippen LogP contribution < -0.4 is 10.7 Å². The van der Waals surface area contributed by atoms with Gasteiger partial charge in [-0.1, -0.05) is 12.1 Å². The van der Waals surface area contributed by atoms with Gasteiger partial charge in [0.1, 0.15) is 0 Å². The molecule has 128 valence electrons. The fraction of sp³-hybridized carbons (Fsp3) is 0.364. The second-order valence-corrected chi connectivity index (χ2v) is 6.15. The number of alkyl halides is 3. The third kappa shape index (κ3) is 7.86. The molecular formula is C11H15BF3N3O4S. The first kappa shape index (κ1) is 19.3. The maximum atomic E-state index is 12.6. The summed E-state index contributed by atoms with van der Waals surface area (Å²) < 4.78 is 63.4. The van der Waals surface area contributed by atoms with E-state index in [1.165, 1.54) is 19.0 Å². The first-order chi connectivity index (χ1) is 10.5. The molecule has 0 heterocycles. The van der Waals surface area contributed by atoms with Gasteiger partial charge in [0.2, 0.25) is 0 Å². The summed E-state index contributed by atoms with van der Waals surface area (Å²) in [6.45, 7) is 1.80. The van der Waals surface area contributed by atoms with Gasteiger partial charge in [-0.2, -0.15) is 21.6 Å². The van der Waals surface area contributed by atoms with E-state index in [1.807, 2.05) is 0 Å². The summed E-state index contributed by atoms with van der Waals surface area (Å²) in [6, 6.07) is 6.15. The highest BCUT2D eigenvalue weighted by Gasteiger charge is 2.41. The van der Waals surface area contributed by atoms with Crippen LogP contribution >= 0.6 is 0 Å². The first-order valence-corrected chi connectivity index (χ1v) is 8.10. The molecule has 0 aliphatic heterocycles. The van der Waals surface area contributed by atoms with Crippen LogP contribution in [0.15, 0.2) is 29.4 Å². The van der Waals surface area contributed by atoms with Crippen molar-refractivity contribution in [1.29, 1.82) is 0 Å². The smallest absolute Gasteiger partial charge is 0.437 e. The maximum Gasteiger partial charge on any atom is 0.471 e. The molecule has 1 aromatic rings. The molecule has 3 N–H and O–H groups in total. The molecular weight excluding hydrogens is 338 g/mol. The standard InChI is InChI=1S/C11H15BF3N3O4S/c1-12(19)16-7-8-4-3-5-9(6-8)17-18-10(11(13,14)15)22-23(2,20)21/h3-6,16-17,19H,7H2,1-2H3/b18-10-. The Hall–Kier alpha value is -1.79. The van der Waals surface area contributed by atoms with Crippen molar-refractivity contribution in [3.8, 4) is 0 Å². The van der Waals surface area contributed by atoms with Crippen LogP contribution in [0.25, 0.3) is 0 Å². The average Bonchev–Trinajstić information content (AvgIpc) is 2.39. The Morgan fingerprint density at radius 1 is 1.43 bits per heavy atom. The Morgan fingerprint density at radius 2 is 2.09 bits per heavy atom. The van der Waals surface area contributed by atoms with Crippen molar-refractivity contribution in [2.24, 2.45) is 5.10 Å². The molecule has 0 bridgehead atoms. The van der Waals surface area contributed by atoms with Crippen molar-refractivity contribution < 1.29 is 30.8 Å². The van der Waals surface area contributed by atoms with Gasteiger partial charge in [0.05, 0.1) is 11.9 Å². The van der Waals surface area contributed by atoms with Gasteiger partial charge in [0, 0.05) is 6.54 Å². The Kier molecular flexibility index (Phi) is 6.42. The van der Waals surface area contributed by atoms with Crippen molar-refractivity contribution >= 4 is 28.8 Å². The highest BCUT2D eigenvalue weighted by molar-refractivity contribution is 7.86. The lowest BCUT2D eigenvalue weighted by atomic mass is 9.88. The van der Waals surface area contributed by atoms with Gasteiger partial charge in [0.15, 0.2) is 0 Å². The van der Waals surface area contributed by atoms with Gasteiger partial charge in [-0.15, -0.1) is 5.10 Å². The van der Waals surface area contributed by atoms with E-state index in [4.69, 9.17) is 5.02 Å². The highest BCUT2D eigenvalue weighted by Crippen LogP contribution is 2.20. The number of halogens is 3. The molecule has 0 amide bonds. The Balaban J connectivity index is 2.89. The molecule has 12 heteroatoms. The molecule has 0 spiro atoms. The van der Waals surface area contributed by atoms with E-state index in [-0.39, 0.29) is 12.2 Å². The Labute approximate surface area is 131 Å². The number of hydrogen-bond acceptors (Lipinski definition) is 7. The quantitative estimate of drug-likeness (QED) is 0.233. The minimum atomic E-state index is -5.07. The number of hydrazone groups is 1. The van der Waals surface area contributed by atoms with E-state index in [0.29, 0.717) is 11.8 Å². The summed E-state index contributed by atoms with van der Waals surface area (Å²) in [5.41, 5.74) is 2.95. The molecule has 1 rings (SSSR count). The van der Waals surface area contributed by atoms with Crippen LogP contribution in [0.2, 0.25) is 6.82 Å². The van der Waals surface area contributed by atoms with Gasteiger partial charge in [-0.25, -0.2) is 0 Å². The fourth-order valence-electron chi connectivity index (χ4n) is 1.40. The summed E-state index contributed by atoms with van der Waals surface area (Å²) in [6.07, 6.45) is -4.59. The fourth-order valence-corrected chi connectivity index (χ4v) is 1.82. The van der Waals surface area contributed by atoms with E-state index < -0.39 is 29.2 Å². The maximum absolute atomic E-state index is 12.6. The molecule has 0 saturated heterocycles. The second-order valence-electron chi connectivity index (χ2n) is 4.57. The molecule has 7 nitrogen and oxygen atoms in total. The van der Waals surface area contributed by atoms with E-state index in [1.54, 1.807) is 12.1 Å². The zero-order valence-electron chi connectivity index (χ0n) is 12.3. The minimum Gasteiger partial charge on any atom is -0.437 e. The number of hydrogen-bond donors (Lipinski definition) is 3. The van der Waals surface area contributed by atoms with Gasteiger partial charge in [-0.05, 0) is 24.5 Å². The van der Waals surface area contributed by atoms with Crippen LogP contribution in [0.3, 0.4) is 0 Å². The molecule has 0 fully saturated rings. The third-order valence-electron chi connectivity index (χ3n) is 2.29. The topological polar surface area (TPSA) is 100 Å². The summed E-state index contributed by atoms with van der Waals surface area (Å²) in [7, 11) is -5.11. The van der Waals surface area contributed by atoms with Gasteiger partial charge < -0.3 is 14.4 Å². The van der Waals surface area contributed by atoms with E-state index in [0.717, 1.165) is 0 Å². The zero-order valence-corrected chi connectivity index (χ0v) is 13.1. The SMILES string of the molecule is CB(O)NCc1cccc(N/N=C(\OS(C)(=O)=O)C(F)(F)F)c1. The molecule has 23 heavy (non-hydrogen) atoms. The summed E-state index contributed by atoms with van der Waals surface area (Å²) in [5, 5.41) is 14.8. The molecule has 0 atom stereocenters. The van der Waals surface area contributed by atoms with Crippen LogP contribution in [0.5, 0.6) is 0 Å². The molecule has 0 aliphatic carbocycles. The van der Waals surface area contributed by atoms with Crippen LogP contribution in [-0.4, -0.2) is 38.8 Å². The summed E-state index contributed by atoms with van der Waals surface area (Å²) in [5.74, 6) is -1.92. The Morgan fingerprint density at radius 3 is 2.61 bits per heavy atom. The van der Waals surface area contributed by atoms with Crippen LogP contribution in [0.1, 0.15) is 5.56 Å². The van der Waals surface area contributed by atoms with Crippen molar-refractivity contribution in [3.63, 3.8) is 0 Å². The monoisotopic (exact) mass is 353 g/mol. The summed E-state index contributed by atoms with van der Waals surface area (Å²) >= 11 is 0. The number of nitrogens with zero attached hydrogens (tertiary/aromatic N) is 1. The normalized spacial score (nSPS) is 12.9. The number of nitrogens with one attached hydrogen (secondary N) is 2. The predicted octanol–water partition coefficient (Wildman–Crippen LogP) is 1.15. The molecule has 0 radical (unpaired) electrons. The van der Waals surface area contributed by atoms with Crippen molar-refractivity contribution in [1.82, 2.24) is 5.23 Å². The summed E-state index contributed by atoms with van der Waals surface area (Å²) in [4.78, 5) is 0. The van der Waals surface area contributed by atoms with Gasteiger partial charge in [0.25, 0.3) is 0 Å². The van der Waals surface area contributed by atoms with Gasteiger partial charge >= 0.3 is 29.2 Å².